The number of hydrogen-bond acceptors (Lipinski definition) is 3. The van der Waals surface area contributed by atoms with Crippen LogP contribution in [0.25, 0.3) is 11.1 Å². The molecule has 138 valence electrons. The summed E-state index contributed by atoms with van der Waals surface area (Å²) in [7, 11) is 0. The van der Waals surface area contributed by atoms with E-state index in [1.54, 1.807) is 19.2 Å². The SMILES string of the molecule is C=C(/C=C(\C)C#N)c1ccc(Cc2ccc(C(/C=C\C)=C/NC#N)cc2)cc1. The second-order valence-electron chi connectivity index (χ2n) is 6.39. The van der Waals surface area contributed by atoms with Gasteiger partial charge in [-0.2, -0.15) is 10.5 Å². The van der Waals surface area contributed by atoms with Crippen LogP contribution in [0.3, 0.4) is 0 Å². The van der Waals surface area contributed by atoms with E-state index in [0.717, 1.165) is 28.7 Å². The lowest BCUT2D eigenvalue weighted by Gasteiger charge is -2.07. The molecule has 0 aliphatic carbocycles. The molecule has 0 unspecified atom stereocenters. The van der Waals surface area contributed by atoms with Crippen LogP contribution in [0.5, 0.6) is 0 Å². The Bertz CT molecular complexity index is 990. The molecule has 2 aromatic rings. The second-order valence-corrected chi connectivity index (χ2v) is 6.39. The van der Waals surface area contributed by atoms with E-state index >= 15 is 0 Å². The van der Waals surface area contributed by atoms with Gasteiger partial charge in [0.25, 0.3) is 0 Å². The van der Waals surface area contributed by atoms with Crippen LogP contribution < -0.4 is 5.32 Å². The molecule has 0 radical (unpaired) electrons. The van der Waals surface area contributed by atoms with Crippen LogP contribution in [0.4, 0.5) is 0 Å². The molecule has 0 aliphatic rings. The molecular formula is C25H23N3. The zero-order chi connectivity index (χ0) is 20.4. The second kappa shape index (κ2) is 10.4. The Kier molecular flexibility index (Phi) is 7.58. The van der Waals surface area contributed by atoms with Crippen LogP contribution in [0.15, 0.2) is 85.1 Å². The third-order valence-electron chi connectivity index (χ3n) is 4.23. The first kappa shape index (κ1) is 20.5. The van der Waals surface area contributed by atoms with Gasteiger partial charge in [-0.15, -0.1) is 0 Å². The first-order valence-corrected chi connectivity index (χ1v) is 9.00. The molecule has 0 spiro atoms. The van der Waals surface area contributed by atoms with Gasteiger partial charge < -0.3 is 0 Å². The minimum Gasteiger partial charge on any atom is -0.299 e. The molecule has 0 aliphatic heterocycles. The van der Waals surface area contributed by atoms with E-state index < -0.39 is 0 Å². The molecule has 3 heteroatoms. The van der Waals surface area contributed by atoms with Gasteiger partial charge in [-0.1, -0.05) is 67.3 Å². The standard InChI is InChI=1S/C25H23N3/c1-4-5-25(17-28-18-27)24-12-8-22(9-13-24)15-21-6-10-23(11-7-21)20(3)14-19(2)16-26/h4-14,17,28H,3,15H2,1-2H3/b5-4-,19-14+,25-17+. The summed E-state index contributed by atoms with van der Waals surface area (Å²) in [6.07, 6.45) is 10.1. The molecule has 2 aromatic carbocycles. The van der Waals surface area contributed by atoms with Gasteiger partial charge in [-0.05, 0) is 59.7 Å². The Morgan fingerprint density at radius 2 is 1.57 bits per heavy atom. The van der Waals surface area contributed by atoms with Gasteiger partial charge in [0.1, 0.15) is 0 Å². The fourth-order valence-electron chi connectivity index (χ4n) is 2.78. The quantitative estimate of drug-likeness (QED) is 0.294. The number of benzene rings is 2. The van der Waals surface area contributed by atoms with Crippen molar-refractivity contribution < 1.29 is 0 Å². The minimum atomic E-state index is 0.644. The molecule has 28 heavy (non-hydrogen) atoms. The molecule has 0 bridgehead atoms. The summed E-state index contributed by atoms with van der Waals surface area (Å²) in [5.41, 5.74) is 6.92. The highest BCUT2D eigenvalue weighted by molar-refractivity contribution is 5.74. The summed E-state index contributed by atoms with van der Waals surface area (Å²) in [6, 6.07) is 18.7. The van der Waals surface area contributed by atoms with Gasteiger partial charge in [-0.3, -0.25) is 5.32 Å². The van der Waals surface area contributed by atoms with E-state index in [2.05, 4.69) is 54.4 Å². The first-order valence-electron chi connectivity index (χ1n) is 9.00. The summed E-state index contributed by atoms with van der Waals surface area (Å²) in [6.45, 7) is 7.75. The van der Waals surface area contributed by atoms with Crippen molar-refractivity contribution in [3.8, 4) is 12.3 Å². The van der Waals surface area contributed by atoms with Crippen molar-refractivity contribution >= 4 is 11.1 Å². The predicted octanol–water partition coefficient (Wildman–Crippen LogP) is 5.75. The zero-order valence-corrected chi connectivity index (χ0v) is 16.2. The largest absolute Gasteiger partial charge is 0.299 e. The van der Waals surface area contributed by atoms with E-state index in [-0.39, 0.29) is 0 Å². The van der Waals surface area contributed by atoms with Gasteiger partial charge in [0.2, 0.25) is 0 Å². The van der Waals surface area contributed by atoms with Crippen LogP contribution in [0.2, 0.25) is 0 Å². The molecule has 1 N–H and O–H groups in total. The van der Waals surface area contributed by atoms with Crippen LogP contribution in [0, 0.1) is 22.8 Å². The van der Waals surface area contributed by atoms with Crippen molar-refractivity contribution in [3.63, 3.8) is 0 Å². The molecule has 0 aromatic heterocycles. The van der Waals surface area contributed by atoms with Gasteiger partial charge >= 0.3 is 0 Å². The lowest BCUT2D eigenvalue weighted by molar-refractivity contribution is 1.18. The number of rotatable bonds is 7. The Morgan fingerprint density at radius 3 is 2.07 bits per heavy atom. The van der Waals surface area contributed by atoms with Crippen molar-refractivity contribution in [2.24, 2.45) is 0 Å². The Hall–Kier alpha value is -3.82. The lowest BCUT2D eigenvalue weighted by Crippen LogP contribution is -1.95. The summed E-state index contributed by atoms with van der Waals surface area (Å²) >= 11 is 0. The molecule has 0 atom stereocenters. The van der Waals surface area contributed by atoms with Crippen molar-refractivity contribution in [1.29, 1.82) is 10.5 Å². The Labute approximate surface area is 167 Å². The number of allylic oxidation sites excluding steroid dienone is 6. The third-order valence-corrected chi connectivity index (χ3v) is 4.23. The highest BCUT2D eigenvalue weighted by atomic mass is 14.8. The van der Waals surface area contributed by atoms with E-state index in [9.17, 15) is 0 Å². The van der Waals surface area contributed by atoms with Crippen molar-refractivity contribution in [1.82, 2.24) is 5.32 Å². The van der Waals surface area contributed by atoms with Gasteiger partial charge in [0, 0.05) is 11.8 Å². The average molecular weight is 365 g/mol. The molecule has 0 saturated heterocycles. The summed E-state index contributed by atoms with van der Waals surface area (Å²) in [5.74, 6) is 0. The fraction of sp³-hybridized carbons (Fsp3) is 0.120. The van der Waals surface area contributed by atoms with Crippen molar-refractivity contribution in [2.45, 2.75) is 20.3 Å². The Morgan fingerprint density at radius 1 is 1.00 bits per heavy atom. The van der Waals surface area contributed by atoms with Crippen molar-refractivity contribution in [3.05, 3.63) is 107 Å². The monoisotopic (exact) mass is 365 g/mol. The Balaban J connectivity index is 2.11. The molecule has 0 amide bonds. The molecular weight excluding hydrogens is 342 g/mol. The maximum absolute atomic E-state index is 8.88. The molecule has 0 saturated carbocycles. The van der Waals surface area contributed by atoms with Gasteiger partial charge in [-0.25, -0.2) is 0 Å². The number of hydrogen-bond donors (Lipinski definition) is 1. The maximum atomic E-state index is 8.88. The zero-order valence-electron chi connectivity index (χ0n) is 16.2. The number of nitriles is 2. The smallest absolute Gasteiger partial charge is 0.180 e. The van der Waals surface area contributed by atoms with Gasteiger partial charge in [0.05, 0.1) is 6.07 Å². The summed E-state index contributed by atoms with van der Waals surface area (Å²) in [5, 5.41) is 20.2. The normalized spacial score (nSPS) is 11.7. The van der Waals surface area contributed by atoms with Crippen molar-refractivity contribution in [2.75, 3.05) is 0 Å². The summed E-state index contributed by atoms with van der Waals surface area (Å²) < 4.78 is 0. The van der Waals surface area contributed by atoms with E-state index in [4.69, 9.17) is 10.5 Å². The van der Waals surface area contributed by atoms with Crippen LogP contribution in [0.1, 0.15) is 36.1 Å². The average Bonchev–Trinajstić information content (AvgIpc) is 2.72. The van der Waals surface area contributed by atoms with E-state index in [1.165, 1.54) is 11.1 Å². The predicted molar refractivity (Wildman–Crippen MR) is 116 cm³/mol. The highest BCUT2D eigenvalue weighted by Crippen LogP contribution is 2.20. The fourth-order valence-corrected chi connectivity index (χ4v) is 2.78. The molecule has 2 rings (SSSR count). The number of nitrogens with zero attached hydrogens (tertiary/aromatic N) is 2. The topological polar surface area (TPSA) is 59.6 Å². The lowest BCUT2D eigenvalue weighted by atomic mass is 9.98. The minimum absolute atomic E-state index is 0.644. The van der Waals surface area contributed by atoms with E-state index in [1.807, 2.05) is 37.4 Å². The van der Waals surface area contributed by atoms with Crippen LogP contribution in [-0.4, -0.2) is 0 Å². The van der Waals surface area contributed by atoms with E-state index in [0.29, 0.717) is 5.57 Å². The van der Waals surface area contributed by atoms with Crippen LogP contribution in [-0.2, 0) is 6.42 Å². The molecule has 0 heterocycles. The molecule has 3 nitrogen and oxygen atoms in total. The number of nitrogens with one attached hydrogen (secondary N) is 1. The first-order chi connectivity index (χ1) is 13.6. The maximum Gasteiger partial charge on any atom is 0.180 e. The summed E-state index contributed by atoms with van der Waals surface area (Å²) in [4.78, 5) is 0. The van der Waals surface area contributed by atoms with Crippen LogP contribution >= 0.6 is 0 Å². The highest BCUT2D eigenvalue weighted by Gasteiger charge is 2.02. The molecule has 0 fully saturated rings. The third kappa shape index (κ3) is 5.87. The van der Waals surface area contributed by atoms with Gasteiger partial charge in [0.15, 0.2) is 6.19 Å².